The van der Waals surface area contributed by atoms with E-state index in [1.165, 1.54) is 13.2 Å². The fraction of sp³-hybridized carbons (Fsp3) is 0.350. The van der Waals surface area contributed by atoms with Crippen LogP contribution in [0.4, 0.5) is 0 Å². The summed E-state index contributed by atoms with van der Waals surface area (Å²) in [5.74, 6) is 0.0157. The summed E-state index contributed by atoms with van der Waals surface area (Å²) in [7, 11) is 0. The summed E-state index contributed by atoms with van der Waals surface area (Å²) in [4.78, 5) is 37.4. The van der Waals surface area contributed by atoms with E-state index in [9.17, 15) is 14.4 Å². The van der Waals surface area contributed by atoms with Gasteiger partial charge in [-0.2, -0.15) is 0 Å². The molecule has 2 heterocycles. The van der Waals surface area contributed by atoms with Crippen molar-refractivity contribution in [1.29, 1.82) is 0 Å². The largest absolute Gasteiger partial charge is 0.459 e. The van der Waals surface area contributed by atoms with E-state index in [2.05, 4.69) is 10.6 Å². The molecule has 2 aromatic rings. The normalized spacial score (nSPS) is 14.6. The second-order valence-electron chi connectivity index (χ2n) is 6.62. The zero-order valence-corrected chi connectivity index (χ0v) is 15.2. The quantitative estimate of drug-likeness (QED) is 0.843. The fourth-order valence-electron chi connectivity index (χ4n) is 3.05. The van der Waals surface area contributed by atoms with E-state index in [0.29, 0.717) is 43.8 Å². The number of nitrogens with zero attached hydrogens (tertiary/aromatic N) is 1. The monoisotopic (exact) mass is 369 g/mol. The number of likely N-dealkylation sites (tertiary alicyclic amines) is 1. The van der Waals surface area contributed by atoms with Gasteiger partial charge in [0.2, 0.25) is 5.91 Å². The van der Waals surface area contributed by atoms with Gasteiger partial charge in [-0.25, -0.2) is 0 Å². The van der Waals surface area contributed by atoms with E-state index < -0.39 is 0 Å². The molecule has 0 unspecified atom stereocenters. The Kier molecular flexibility index (Phi) is 5.90. The predicted octanol–water partition coefficient (Wildman–Crippen LogP) is 1.95. The van der Waals surface area contributed by atoms with Gasteiger partial charge in [-0.3, -0.25) is 14.4 Å². The third-order valence-electron chi connectivity index (χ3n) is 4.61. The molecule has 0 aliphatic carbocycles. The molecule has 1 aromatic carbocycles. The molecule has 142 valence electrons. The average Bonchev–Trinajstić information content (AvgIpc) is 3.21. The minimum atomic E-state index is -0.128. The third-order valence-corrected chi connectivity index (χ3v) is 4.61. The number of amides is 3. The zero-order chi connectivity index (χ0) is 19.2. The molecule has 1 saturated heterocycles. The van der Waals surface area contributed by atoms with Crippen molar-refractivity contribution in [3.8, 4) is 0 Å². The highest BCUT2D eigenvalue weighted by atomic mass is 16.3. The highest BCUT2D eigenvalue weighted by Crippen LogP contribution is 2.15. The minimum absolute atomic E-state index is 0.0391. The van der Waals surface area contributed by atoms with Crippen molar-refractivity contribution in [1.82, 2.24) is 15.5 Å². The Labute approximate surface area is 157 Å². The van der Waals surface area contributed by atoms with E-state index in [1.807, 2.05) is 12.1 Å². The number of piperidine rings is 1. The first-order valence-electron chi connectivity index (χ1n) is 9.00. The summed E-state index contributed by atoms with van der Waals surface area (Å²) in [5.41, 5.74) is 1.52. The SMILES string of the molecule is CC(=O)NCc1ccc(C(=O)NC2CCN(C(=O)c3ccco3)CC2)cc1. The van der Waals surface area contributed by atoms with Crippen molar-refractivity contribution >= 4 is 17.7 Å². The van der Waals surface area contributed by atoms with Gasteiger partial charge < -0.3 is 20.0 Å². The number of furan rings is 1. The third kappa shape index (κ3) is 4.97. The molecule has 2 N–H and O–H groups in total. The average molecular weight is 369 g/mol. The molecule has 0 atom stereocenters. The minimum Gasteiger partial charge on any atom is -0.459 e. The second kappa shape index (κ2) is 8.53. The van der Waals surface area contributed by atoms with E-state index in [1.54, 1.807) is 29.2 Å². The van der Waals surface area contributed by atoms with Gasteiger partial charge in [0.15, 0.2) is 5.76 Å². The second-order valence-corrected chi connectivity index (χ2v) is 6.62. The lowest BCUT2D eigenvalue weighted by Gasteiger charge is -2.31. The van der Waals surface area contributed by atoms with Gasteiger partial charge >= 0.3 is 0 Å². The first-order chi connectivity index (χ1) is 13.0. The van der Waals surface area contributed by atoms with E-state index in [-0.39, 0.29) is 23.8 Å². The van der Waals surface area contributed by atoms with Crippen LogP contribution in [0.2, 0.25) is 0 Å². The Morgan fingerprint density at radius 2 is 1.81 bits per heavy atom. The number of benzene rings is 1. The lowest BCUT2D eigenvalue weighted by molar-refractivity contribution is -0.119. The van der Waals surface area contributed by atoms with Crippen LogP contribution >= 0.6 is 0 Å². The van der Waals surface area contributed by atoms with Crippen molar-refractivity contribution in [3.63, 3.8) is 0 Å². The number of carbonyl (C=O) groups is 3. The number of hydrogen-bond acceptors (Lipinski definition) is 4. The van der Waals surface area contributed by atoms with Gasteiger partial charge in [-0.15, -0.1) is 0 Å². The molecular formula is C20H23N3O4. The lowest BCUT2D eigenvalue weighted by atomic mass is 10.0. The summed E-state index contributed by atoms with van der Waals surface area (Å²) in [6, 6.07) is 10.6. The Balaban J connectivity index is 1.48. The van der Waals surface area contributed by atoms with Crippen LogP contribution in [0.5, 0.6) is 0 Å². The highest BCUT2D eigenvalue weighted by molar-refractivity contribution is 5.94. The predicted molar refractivity (Wildman–Crippen MR) is 99.1 cm³/mol. The van der Waals surface area contributed by atoms with Crippen LogP contribution in [0.25, 0.3) is 0 Å². The Morgan fingerprint density at radius 1 is 1.11 bits per heavy atom. The maximum atomic E-state index is 12.4. The first-order valence-corrected chi connectivity index (χ1v) is 9.00. The van der Waals surface area contributed by atoms with Gasteiger partial charge in [0.05, 0.1) is 6.26 Å². The number of hydrogen-bond donors (Lipinski definition) is 2. The van der Waals surface area contributed by atoms with Gasteiger partial charge in [0.25, 0.3) is 11.8 Å². The Bertz CT molecular complexity index is 791. The standard InChI is InChI=1S/C20H23N3O4/c1-14(24)21-13-15-4-6-16(7-5-15)19(25)22-17-8-10-23(11-9-17)20(26)18-3-2-12-27-18/h2-7,12,17H,8-11,13H2,1H3,(H,21,24)(H,22,25). The van der Waals surface area contributed by atoms with Crippen molar-refractivity contribution < 1.29 is 18.8 Å². The van der Waals surface area contributed by atoms with Crippen molar-refractivity contribution in [2.45, 2.75) is 32.4 Å². The molecule has 3 rings (SSSR count). The summed E-state index contributed by atoms with van der Waals surface area (Å²) < 4.78 is 5.15. The number of nitrogens with one attached hydrogen (secondary N) is 2. The van der Waals surface area contributed by atoms with Crippen LogP contribution in [0, 0.1) is 0 Å². The molecule has 1 fully saturated rings. The molecular weight excluding hydrogens is 346 g/mol. The van der Waals surface area contributed by atoms with Gasteiger partial charge in [0, 0.05) is 38.2 Å². The van der Waals surface area contributed by atoms with Crippen molar-refractivity contribution in [2.24, 2.45) is 0 Å². The van der Waals surface area contributed by atoms with Crippen LogP contribution in [-0.2, 0) is 11.3 Å². The molecule has 0 saturated carbocycles. The molecule has 1 aliphatic heterocycles. The molecule has 7 heteroatoms. The molecule has 0 bridgehead atoms. The van der Waals surface area contributed by atoms with Gasteiger partial charge in [-0.1, -0.05) is 12.1 Å². The topological polar surface area (TPSA) is 91.7 Å². The Morgan fingerprint density at radius 3 is 2.41 bits per heavy atom. The molecule has 1 aromatic heterocycles. The van der Waals surface area contributed by atoms with Crippen LogP contribution in [0.1, 0.15) is 46.2 Å². The zero-order valence-electron chi connectivity index (χ0n) is 15.2. The van der Waals surface area contributed by atoms with E-state index in [0.717, 1.165) is 5.56 Å². The number of rotatable bonds is 5. The van der Waals surface area contributed by atoms with E-state index in [4.69, 9.17) is 4.42 Å². The summed E-state index contributed by atoms with van der Waals surface area (Å²) >= 11 is 0. The van der Waals surface area contributed by atoms with Gasteiger partial charge in [0.1, 0.15) is 0 Å². The van der Waals surface area contributed by atoms with Crippen LogP contribution in [0.15, 0.2) is 47.1 Å². The summed E-state index contributed by atoms with van der Waals surface area (Å²) in [6.07, 6.45) is 2.90. The molecule has 3 amide bonds. The summed E-state index contributed by atoms with van der Waals surface area (Å²) in [5, 5.41) is 5.75. The van der Waals surface area contributed by atoms with Crippen LogP contribution < -0.4 is 10.6 Å². The maximum absolute atomic E-state index is 12.4. The lowest BCUT2D eigenvalue weighted by Crippen LogP contribution is -2.46. The van der Waals surface area contributed by atoms with Gasteiger partial charge in [-0.05, 0) is 42.7 Å². The molecule has 1 aliphatic rings. The van der Waals surface area contributed by atoms with Crippen LogP contribution in [0.3, 0.4) is 0 Å². The van der Waals surface area contributed by atoms with E-state index >= 15 is 0 Å². The highest BCUT2D eigenvalue weighted by Gasteiger charge is 2.26. The molecule has 0 radical (unpaired) electrons. The van der Waals surface area contributed by atoms with Crippen LogP contribution in [-0.4, -0.2) is 41.8 Å². The number of carbonyl (C=O) groups excluding carboxylic acids is 3. The summed E-state index contributed by atoms with van der Waals surface area (Å²) in [6.45, 7) is 3.08. The smallest absolute Gasteiger partial charge is 0.289 e. The fourth-order valence-corrected chi connectivity index (χ4v) is 3.05. The van der Waals surface area contributed by atoms with Crippen molar-refractivity contribution in [3.05, 3.63) is 59.5 Å². The molecule has 0 spiro atoms. The Hall–Kier alpha value is -3.09. The molecule has 7 nitrogen and oxygen atoms in total. The first kappa shape index (κ1) is 18.7. The maximum Gasteiger partial charge on any atom is 0.289 e. The van der Waals surface area contributed by atoms with Crippen molar-refractivity contribution in [2.75, 3.05) is 13.1 Å². The molecule has 27 heavy (non-hydrogen) atoms.